The van der Waals surface area contributed by atoms with Crippen LogP contribution >= 0.6 is 0 Å². The van der Waals surface area contributed by atoms with Crippen LogP contribution in [0.5, 0.6) is 0 Å². The van der Waals surface area contributed by atoms with E-state index in [1.54, 1.807) is 0 Å². The molecule has 1 aliphatic heterocycles. The molecule has 1 aromatic heterocycles. The minimum atomic E-state index is -0.484. The van der Waals surface area contributed by atoms with Crippen molar-refractivity contribution in [3.8, 4) is 44.6 Å². The fraction of sp³-hybridized carbons (Fsp3) is 0.135. The van der Waals surface area contributed by atoms with Crippen molar-refractivity contribution in [3.05, 3.63) is 204 Å². The van der Waals surface area contributed by atoms with Crippen molar-refractivity contribution in [1.29, 1.82) is 0 Å². The molecule has 4 heteroatoms. The zero-order chi connectivity index (χ0) is 38.1. The molecule has 0 bridgehead atoms. The molecule has 0 radical (unpaired) electrons. The molecule has 2 aliphatic rings. The summed E-state index contributed by atoms with van der Waals surface area (Å²) in [6.45, 7) is 8.36. The van der Waals surface area contributed by atoms with E-state index in [1.165, 1.54) is 44.3 Å². The zero-order valence-corrected chi connectivity index (χ0v) is 32.2. The summed E-state index contributed by atoms with van der Waals surface area (Å²) in [4.78, 5) is 5.36. The van der Waals surface area contributed by atoms with Gasteiger partial charge in [0, 0.05) is 10.9 Å². The van der Waals surface area contributed by atoms with Gasteiger partial charge in [-0.1, -0.05) is 170 Å². The second-order valence-electron chi connectivity index (χ2n) is 16.2. The van der Waals surface area contributed by atoms with Crippen LogP contribution in [0.2, 0.25) is 0 Å². The topological polar surface area (TPSA) is 31.4 Å². The highest BCUT2D eigenvalue weighted by atomic mass is 16.7. The molecule has 270 valence electrons. The van der Waals surface area contributed by atoms with Crippen molar-refractivity contribution in [3.63, 3.8) is 0 Å². The van der Waals surface area contributed by atoms with Gasteiger partial charge in [0.1, 0.15) is 0 Å². The smallest absolute Gasteiger partial charge is 0.399 e. The molecular weight excluding hydrogens is 681 g/mol. The molecule has 0 unspecified atom stereocenters. The first-order valence-electron chi connectivity index (χ1n) is 19.5. The average Bonchev–Trinajstić information content (AvgIpc) is 3.47. The first-order valence-corrected chi connectivity index (χ1v) is 19.5. The van der Waals surface area contributed by atoms with Crippen molar-refractivity contribution in [2.45, 2.75) is 44.3 Å². The third-order valence-corrected chi connectivity index (χ3v) is 12.4. The number of rotatable bonds is 6. The minimum absolute atomic E-state index is 0.376. The van der Waals surface area contributed by atoms with Gasteiger partial charge in [0.05, 0.1) is 27.8 Å². The first-order chi connectivity index (χ1) is 27.2. The number of hydrogen-bond acceptors (Lipinski definition) is 3. The molecule has 2 heterocycles. The molecule has 0 amide bonds. The second kappa shape index (κ2) is 13.0. The Balaban J connectivity index is 0.999. The van der Waals surface area contributed by atoms with Gasteiger partial charge in [-0.2, -0.15) is 0 Å². The molecule has 8 aromatic rings. The van der Waals surface area contributed by atoms with Crippen LogP contribution in [0, 0.1) is 0 Å². The van der Waals surface area contributed by atoms with Gasteiger partial charge in [0.15, 0.2) is 0 Å². The molecule has 1 fully saturated rings. The number of aromatic nitrogens is 1. The lowest BCUT2D eigenvalue weighted by Gasteiger charge is -2.42. The maximum atomic E-state index is 6.33. The van der Waals surface area contributed by atoms with Crippen LogP contribution in [0.1, 0.15) is 49.9 Å². The Morgan fingerprint density at radius 2 is 0.946 bits per heavy atom. The second-order valence-corrected chi connectivity index (χ2v) is 16.2. The van der Waals surface area contributed by atoms with E-state index in [2.05, 4.69) is 210 Å². The van der Waals surface area contributed by atoms with Crippen LogP contribution in [0.15, 0.2) is 182 Å². The summed E-state index contributed by atoms with van der Waals surface area (Å²) >= 11 is 0. The number of hydrogen-bond donors (Lipinski definition) is 0. The summed E-state index contributed by atoms with van der Waals surface area (Å²) in [6, 6.07) is 65.9. The summed E-state index contributed by atoms with van der Waals surface area (Å²) in [5.74, 6) is 0. The highest BCUT2D eigenvalue weighted by molar-refractivity contribution is 6.62. The summed E-state index contributed by atoms with van der Waals surface area (Å²) in [7, 11) is -0.386. The molecule has 3 nitrogen and oxygen atoms in total. The summed E-state index contributed by atoms with van der Waals surface area (Å²) in [5, 5.41) is 1.21. The predicted molar refractivity (Wildman–Crippen MR) is 231 cm³/mol. The van der Waals surface area contributed by atoms with E-state index in [0.717, 1.165) is 38.9 Å². The maximum absolute atomic E-state index is 6.33. The Hall–Kier alpha value is -6.07. The van der Waals surface area contributed by atoms with Gasteiger partial charge >= 0.3 is 7.12 Å². The van der Waals surface area contributed by atoms with Crippen molar-refractivity contribution in [2.24, 2.45) is 0 Å². The van der Waals surface area contributed by atoms with Gasteiger partial charge in [-0.05, 0) is 101 Å². The van der Waals surface area contributed by atoms with Crippen LogP contribution in [0.25, 0.3) is 55.5 Å². The lowest BCUT2D eigenvalue weighted by molar-refractivity contribution is 0.00578. The molecule has 0 saturated carbocycles. The quantitative estimate of drug-likeness (QED) is 0.160. The van der Waals surface area contributed by atoms with E-state index in [-0.39, 0.29) is 18.3 Å². The monoisotopic (exact) mass is 723 g/mol. The van der Waals surface area contributed by atoms with Crippen LogP contribution in [0.4, 0.5) is 0 Å². The molecule has 0 spiro atoms. The number of fused-ring (bicyclic) bond motifs is 2. The van der Waals surface area contributed by atoms with Crippen molar-refractivity contribution < 1.29 is 9.31 Å². The molecule has 7 aromatic carbocycles. The van der Waals surface area contributed by atoms with Gasteiger partial charge in [-0.25, -0.2) is 4.98 Å². The number of nitrogens with zero attached hydrogens (tertiary/aromatic N) is 1. The maximum Gasteiger partial charge on any atom is 0.494 e. The zero-order valence-electron chi connectivity index (χ0n) is 32.2. The van der Waals surface area contributed by atoms with Gasteiger partial charge < -0.3 is 9.31 Å². The third kappa shape index (κ3) is 5.39. The standard InChI is InChI=1S/C52H42BNO2/c1-50(2)51(3,4)56-53(55-50)42-20-13-15-39(33-42)37-27-25-35(26-28-37)36-29-31-38(32-30-36)48-34-44-43-21-11-12-22-45(43)52(40-16-7-5-8-17-40,41-18-9-6-10-19-41)46-23-14-24-47(54-48)49(44)46/h5-34H,1-4H3. The Kier molecular flexibility index (Phi) is 8.00. The first kappa shape index (κ1) is 34.4. The Morgan fingerprint density at radius 3 is 1.57 bits per heavy atom. The molecule has 1 aliphatic carbocycles. The number of benzene rings is 7. The van der Waals surface area contributed by atoms with Crippen LogP contribution < -0.4 is 5.46 Å². The third-order valence-electron chi connectivity index (χ3n) is 12.4. The van der Waals surface area contributed by atoms with E-state index in [9.17, 15) is 0 Å². The lowest BCUT2D eigenvalue weighted by atomic mass is 9.60. The Labute approximate surface area is 329 Å². The predicted octanol–water partition coefficient (Wildman–Crippen LogP) is 11.9. The normalized spacial score (nSPS) is 16.1. The fourth-order valence-corrected chi connectivity index (χ4v) is 8.85. The van der Waals surface area contributed by atoms with Gasteiger partial charge in [-0.15, -0.1) is 0 Å². The van der Waals surface area contributed by atoms with Crippen LogP contribution in [-0.2, 0) is 14.7 Å². The molecule has 1 saturated heterocycles. The summed E-state index contributed by atoms with van der Waals surface area (Å²) in [6.07, 6.45) is 0. The van der Waals surface area contributed by atoms with E-state index in [4.69, 9.17) is 14.3 Å². The minimum Gasteiger partial charge on any atom is -0.399 e. The molecule has 0 atom stereocenters. The molecule has 0 N–H and O–H groups in total. The highest BCUT2D eigenvalue weighted by Crippen LogP contribution is 2.55. The SMILES string of the molecule is CC1(C)OB(c2cccc(-c3ccc(-c4ccc(-c5cc6c7c(cccc7n5)C(c5ccccc5)(c5ccccc5)c5ccccc5-6)cc4)cc3)c2)OC1(C)C. The summed E-state index contributed by atoms with van der Waals surface area (Å²) in [5.41, 5.74) is 15.0. The van der Waals surface area contributed by atoms with E-state index in [1.807, 2.05) is 0 Å². The lowest BCUT2D eigenvalue weighted by Crippen LogP contribution is -2.41. The summed E-state index contributed by atoms with van der Waals surface area (Å²) < 4.78 is 12.7. The fourth-order valence-electron chi connectivity index (χ4n) is 8.85. The van der Waals surface area contributed by atoms with Gasteiger partial charge in [0.25, 0.3) is 0 Å². The largest absolute Gasteiger partial charge is 0.494 e. The van der Waals surface area contributed by atoms with E-state index in [0.29, 0.717) is 0 Å². The van der Waals surface area contributed by atoms with E-state index >= 15 is 0 Å². The van der Waals surface area contributed by atoms with Crippen molar-refractivity contribution in [1.82, 2.24) is 4.98 Å². The van der Waals surface area contributed by atoms with Crippen molar-refractivity contribution >= 4 is 23.5 Å². The van der Waals surface area contributed by atoms with E-state index < -0.39 is 5.41 Å². The Bertz CT molecular complexity index is 2680. The van der Waals surface area contributed by atoms with Crippen LogP contribution in [-0.4, -0.2) is 23.3 Å². The molecular formula is C52H42BNO2. The van der Waals surface area contributed by atoms with Crippen LogP contribution in [0.3, 0.4) is 0 Å². The molecule has 56 heavy (non-hydrogen) atoms. The number of pyridine rings is 1. The highest BCUT2D eigenvalue weighted by Gasteiger charge is 2.51. The van der Waals surface area contributed by atoms with Gasteiger partial charge in [-0.3, -0.25) is 0 Å². The van der Waals surface area contributed by atoms with Crippen molar-refractivity contribution in [2.75, 3.05) is 0 Å². The molecule has 10 rings (SSSR count). The average molecular weight is 724 g/mol. The Morgan fingerprint density at radius 1 is 0.429 bits per heavy atom. The van der Waals surface area contributed by atoms with Gasteiger partial charge in [0.2, 0.25) is 0 Å².